The van der Waals surface area contributed by atoms with E-state index >= 15 is 0 Å². The SMILES string of the molecule is C[Si](C)(C)CCOCn1ccc2nc(NC(=O)NCC3CCN(CC(F)(F)F)CC3)cnc21. The van der Waals surface area contributed by atoms with Crippen molar-refractivity contribution in [3.8, 4) is 0 Å². The number of nitrogens with zero attached hydrogens (tertiary/aromatic N) is 4. The van der Waals surface area contributed by atoms with Crippen LogP contribution >= 0.6 is 0 Å². The van der Waals surface area contributed by atoms with E-state index < -0.39 is 26.8 Å². The number of carbonyl (C=O) groups is 1. The van der Waals surface area contributed by atoms with Crippen LogP contribution in [0.25, 0.3) is 11.2 Å². The van der Waals surface area contributed by atoms with Crippen molar-refractivity contribution >= 4 is 31.1 Å². The second kappa shape index (κ2) is 10.8. The Morgan fingerprint density at radius 2 is 2.00 bits per heavy atom. The lowest BCUT2D eigenvalue weighted by Gasteiger charge is -2.32. The first-order chi connectivity index (χ1) is 15.5. The zero-order valence-corrected chi connectivity index (χ0v) is 20.4. The molecule has 184 valence electrons. The lowest BCUT2D eigenvalue weighted by Crippen LogP contribution is -2.43. The van der Waals surface area contributed by atoms with E-state index in [1.54, 1.807) is 0 Å². The van der Waals surface area contributed by atoms with Gasteiger partial charge in [-0.1, -0.05) is 19.6 Å². The van der Waals surface area contributed by atoms with Gasteiger partial charge in [0.25, 0.3) is 0 Å². The van der Waals surface area contributed by atoms with Crippen LogP contribution < -0.4 is 10.6 Å². The Morgan fingerprint density at radius 3 is 2.67 bits per heavy atom. The number of aromatic nitrogens is 3. The first-order valence-electron chi connectivity index (χ1n) is 11.2. The molecule has 33 heavy (non-hydrogen) atoms. The predicted octanol–water partition coefficient (Wildman–Crippen LogP) is 4.14. The van der Waals surface area contributed by atoms with Crippen LogP contribution in [-0.4, -0.2) is 72.5 Å². The van der Waals surface area contributed by atoms with Crippen molar-refractivity contribution in [2.75, 3.05) is 38.1 Å². The van der Waals surface area contributed by atoms with Crippen LogP contribution in [0.15, 0.2) is 18.5 Å². The Kier molecular flexibility index (Phi) is 8.35. The molecule has 12 heteroatoms. The van der Waals surface area contributed by atoms with Gasteiger partial charge in [-0.15, -0.1) is 0 Å². The van der Waals surface area contributed by atoms with E-state index in [0.29, 0.717) is 62.8 Å². The van der Waals surface area contributed by atoms with Crippen LogP contribution in [0.4, 0.5) is 23.8 Å². The number of nitrogens with one attached hydrogen (secondary N) is 2. The molecule has 1 aliphatic rings. The molecule has 3 heterocycles. The van der Waals surface area contributed by atoms with Crippen LogP contribution in [0.1, 0.15) is 12.8 Å². The van der Waals surface area contributed by atoms with E-state index in [1.165, 1.54) is 11.1 Å². The van der Waals surface area contributed by atoms with Gasteiger partial charge in [-0.05, 0) is 44.0 Å². The number of piperidine rings is 1. The summed E-state index contributed by atoms with van der Waals surface area (Å²) in [5.74, 6) is 0.487. The minimum atomic E-state index is -4.17. The average Bonchev–Trinajstić information content (AvgIpc) is 3.11. The third-order valence-corrected chi connectivity index (χ3v) is 7.30. The molecular formula is C21H33F3N6O2Si. The minimum Gasteiger partial charge on any atom is -0.361 e. The third-order valence-electron chi connectivity index (χ3n) is 5.59. The molecule has 2 N–H and O–H groups in total. The third kappa shape index (κ3) is 8.59. The average molecular weight is 487 g/mol. The molecule has 0 spiro atoms. The standard InChI is InChI=1S/C21H33F3N6O2Si/c1-33(2,3)11-10-32-15-30-9-6-17-19(30)25-13-18(27-17)28-20(31)26-12-16-4-7-29(8-5-16)14-21(22,23)24/h6,9,13,16H,4-5,7-8,10-12,14-15H2,1-3H3,(H2,26,27,28,31). The number of ether oxygens (including phenoxy) is 1. The lowest BCUT2D eigenvalue weighted by atomic mass is 9.97. The van der Waals surface area contributed by atoms with Gasteiger partial charge < -0.3 is 14.6 Å². The number of rotatable bonds is 9. The number of likely N-dealkylation sites (tertiary alicyclic amines) is 1. The molecule has 1 fully saturated rings. The van der Waals surface area contributed by atoms with E-state index in [2.05, 4.69) is 40.2 Å². The van der Waals surface area contributed by atoms with Crippen molar-refractivity contribution < 1.29 is 22.7 Å². The highest BCUT2D eigenvalue weighted by Gasteiger charge is 2.32. The molecule has 8 nitrogen and oxygen atoms in total. The van der Waals surface area contributed by atoms with Crippen molar-refractivity contribution in [2.45, 2.75) is 51.4 Å². The summed E-state index contributed by atoms with van der Waals surface area (Å²) in [6.45, 7) is 8.33. The maximum Gasteiger partial charge on any atom is 0.401 e. The second-order valence-corrected chi connectivity index (χ2v) is 15.4. The maximum absolute atomic E-state index is 12.5. The summed E-state index contributed by atoms with van der Waals surface area (Å²) in [5, 5.41) is 5.46. The van der Waals surface area contributed by atoms with Gasteiger partial charge >= 0.3 is 12.2 Å². The molecule has 0 radical (unpaired) electrons. The summed E-state index contributed by atoms with van der Waals surface area (Å²) in [6, 6.07) is 2.51. The number of urea groups is 1. The Labute approximate surface area is 192 Å². The molecule has 2 aromatic rings. The number of anilines is 1. The predicted molar refractivity (Wildman–Crippen MR) is 124 cm³/mol. The highest BCUT2D eigenvalue weighted by atomic mass is 28.3. The quantitative estimate of drug-likeness (QED) is 0.411. The van der Waals surface area contributed by atoms with Gasteiger partial charge in [-0.3, -0.25) is 10.2 Å². The highest BCUT2D eigenvalue weighted by Crippen LogP contribution is 2.22. The minimum absolute atomic E-state index is 0.156. The number of amides is 2. The first kappa shape index (κ1) is 25.4. The second-order valence-electron chi connectivity index (χ2n) is 9.77. The molecule has 0 aliphatic carbocycles. The fourth-order valence-electron chi connectivity index (χ4n) is 3.67. The van der Waals surface area contributed by atoms with Crippen molar-refractivity contribution in [3.05, 3.63) is 18.5 Å². The lowest BCUT2D eigenvalue weighted by molar-refractivity contribution is -0.148. The van der Waals surface area contributed by atoms with Gasteiger partial charge in [0.2, 0.25) is 0 Å². The molecule has 0 bridgehead atoms. The number of hydrogen-bond acceptors (Lipinski definition) is 5. The number of alkyl halides is 3. The van der Waals surface area contributed by atoms with E-state index in [1.807, 2.05) is 16.8 Å². The van der Waals surface area contributed by atoms with E-state index in [9.17, 15) is 18.0 Å². The van der Waals surface area contributed by atoms with Crippen molar-refractivity contribution in [3.63, 3.8) is 0 Å². The Bertz CT molecular complexity index is 923. The van der Waals surface area contributed by atoms with Gasteiger partial charge in [-0.25, -0.2) is 14.8 Å². The molecule has 0 atom stereocenters. The largest absolute Gasteiger partial charge is 0.401 e. The number of fused-ring (bicyclic) bond motifs is 1. The summed E-state index contributed by atoms with van der Waals surface area (Å²) in [7, 11) is -1.14. The molecule has 3 rings (SSSR count). The Balaban J connectivity index is 1.42. The Morgan fingerprint density at radius 1 is 1.27 bits per heavy atom. The fourth-order valence-corrected chi connectivity index (χ4v) is 4.42. The van der Waals surface area contributed by atoms with Gasteiger partial charge in [0.15, 0.2) is 11.5 Å². The number of carbonyl (C=O) groups excluding carboxylic acids is 1. The van der Waals surface area contributed by atoms with E-state index in [0.717, 1.165) is 6.04 Å². The zero-order valence-electron chi connectivity index (χ0n) is 19.4. The summed E-state index contributed by atoms with van der Waals surface area (Å²) in [6.07, 6.45) is 0.421. The molecule has 1 saturated heterocycles. The summed E-state index contributed by atoms with van der Waals surface area (Å²) in [4.78, 5) is 22.5. The zero-order chi connectivity index (χ0) is 24.1. The fraction of sp³-hybridized carbons (Fsp3) is 0.667. The molecule has 0 unspecified atom stereocenters. The van der Waals surface area contributed by atoms with Crippen LogP contribution in [0.3, 0.4) is 0 Å². The number of hydrogen-bond donors (Lipinski definition) is 2. The van der Waals surface area contributed by atoms with E-state index in [-0.39, 0.29) is 5.92 Å². The van der Waals surface area contributed by atoms with Crippen LogP contribution in [-0.2, 0) is 11.5 Å². The molecule has 2 aromatic heterocycles. The van der Waals surface area contributed by atoms with Crippen LogP contribution in [0, 0.1) is 5.92 Å². The highest BCUT2D eigenvalue weighted by molar-refractivity contribution is 6.76. The van der Waals surface area contributed by atoms with Gasteiger partial charge in [0, 0.05) is 27.4 Å². The molecular weight excluding hydrogens is 453 g/mol. The van der Waals surface area contributed by atoms with Crippen LogP contribution in [0.5, 0.6) is 0 Å². The Hall–Kier alpha value is -2.18. The smallest absolute Gasteiger partial charge is 0.361 e. The number of halogens is 3. The van der Waals surface area contributed by atoms with Gasteiger partial charge in [-0.2, -0.15) is 13.2 Å². The maximum atomic E-state index is 12.5. The van der Waals surface area contributed by atoms with E-state index in [4.69, 9.17) is 4.74 Å². The topological polar surface area (TPSA) is 84.3 Å². The van der Waals surface area contributed by atoms with Crippen molar-refractivity contribution in [1.29, 1.82) is 0 Å². The normalized spacial score (nSPS) is 16.3. The molecule has 0 saturated carbocycles. The molecule has 1 aliphatic heterocycles. The van der Waals surface area contributed by atoms with Crippen LogP contribution in [0.2, 0.25) is 25.7 Å². The summed E-state index contributed by atoms with van der Waals surface area (Å²) < 4.78 is 45.1. The van der Waals surface area contributed by atoms with Gasteiger partial charge in [0.05, 0.1) is 12.7 Å². The molecule has 0 aromatic carbocycles. The summed E-state index contributed by atoms with van der Waals surface area (Å²) >= 11 is 0. The summed E-state index contributed by atoms with van der Waals surface area (Å²) in [5.41, 5.74) is 1.33. The van der Waals surface area contributed by atoms with Crippen molar-refractivity contribution in [2.24, 2.45) is 5.92 Å². The first-order valence-corrected chi connectivity index (χ1v) is 14.9. The van der Waals surface area contributed by atoms with Crippen molar-refractivity contribution in [1.82, 2.24) is 24.8 Å². The monoisotopic (exact) mass is 486 g/mol. The molecule has 2 amide bonds. The van der Waals surface area contributed by atoms with Gasteiger partial charge in [0.1, 0.15) is 12.2 Å².